The van der Waals surface area contributed by atoms with Gasteiger partial charge in [-0.05, 0) is 41.3 Å². The molecule has 0 aliphatic carbocycles. The first-order chi connectivity index (χ1) is 10.0. The summed E-state index contributed by atoms with van der Waals surface area (Å²) in [5.74, 6) is 0.339. The number of pyridine rings is 1. The zero-order valence-corrected chi connectivity index (χ0v) is 14.3. The van der Waals surface area contributed by atoms with E-state index in [2.05, 4.69) is 26.2 Å². The van der Waals surface area contributed by atoms with Crippen LogP contribution in [0.3, 0.4) is 0 Å². The van der Waals surface area contributed by atoms with Crippen molar-refractivity contribution in [1.82, 2.24) is 9.29 Å². The van der Waals surface area contributed by atoms with Crippen molar-refractivity contribution < 1.29 is 13.5 Å². The predicted molar refractivity (Wildman–Crippen MR) is 84.7 cm³/mol. The summed E-state index contributed by atoms with van der Waals surface area (Å²) in [5.41, 5.74) is 0. The van der Waals surface area contributed by atoms with E-state index in [1.54, 1.807) is 19.3 Å². The molecule has 2 N–H and O–H groups in total. The molecular formula is C13H20BrN3O3S. The van der Waals surface area contributed by atoms with E-state index in [-0.39, 0.29) is 17.5 Å². The zero-order chi connectivity index (χ0) is 15.5. The molecule has 21 heavy (non-hydrogen) atoms. The zero-order valence-electron chi connectivity index (χ0n) is 11.9. The number of anilines is 1. The van der Waals surface area contributed by atoms with Crippen LogP contribution < -0.4 is 5.32 Å². The summed E-state index contributed by atoms with van der Waals surface area (Å²) < 4.78 is 28.0. The number of nitrogens with one attached hydrogen (secondary N) is 1. The third kappa shape index (κ3) is 3.56. The van der Waals surface area contributed by atoms with Crippen molar-refractivity contribution in [3.05, 3.63) is 16.7 Å². The smallest absolute Gasteiger partial charge is 0.247 e. The molecule has 2 heterocycles. The number of sulfonamides is 1. The lowest BCUT2D eigenvalue weighted by atomic mass is 10.0. The lowest BCUT2D eigenvalue weighted by Crippen LogP contribution is -2.44. The van der Waals surface area contributed by atoms with Gasteiger partial charge in [0.25, 0.3) is 0 Å². The predicted octanol–water partition coefficient (Wildman–Crippen LogP) is 1.81. The fraction of sp³-hybridized carbons (Fsp3) is 0.615. The standard InChI is InChI=1S/C13H20BrN3O3S/c1-15-13-12(8-10(14)9-16-13)21(19,20)17-6-3-2-4-11(17)5-7-18/h8-9,11,18H,2-7H2,1H3,(H,15,16). The lowest BCUT2D eigenvalue weighted by Gasteiger charge is -2.34. The van der Waals surface area contributed by atoms with E-state index in [4.69, 9.17) is 5.11 Å². The first kappa shape index (κ1) is 16.7. The molecule has 1 aliphatic rings. The maximum absolute atomic E-state index is 12.9. The van der Waals surface area contributed by atoms with E-state index in [1.807, 2.05) is 0 Å². The van der Waals surface area contributed by atoms with Crippen LogP contribution in [-0.2, 0) is 10.0 Å². The fourth-order valence-electron chi connectivity index (χ4n) is 2.66. The van der Waals surface area contributed by atoms with Crippen LogP contribution in [-0.4, -0.2) is 49.1 Å². The Balaban J connectivity index is 2.42. The molecule has 1 atom stereocenters. The second-order valence-corrected chi connectivity index (χ2v) is 7.80. The number of halogens is 1. The maximum Gasteiger partial charge on any atom is 0.247 e. The van der Waals surface area contributed by atoms with Gasteiger partial charge in [-0.15, -0.1) is 0 Å². The van der Waals surface area contributed by atoms with Crippen molar-refractivity contribution >= 4 is 31.8 Å². The second kappa shape index (κ2) is 7.04. The summed E-state index contributed by atoms with van der Waals surface area (Å²) >= 11 is 3.27. The van der Waals surface area contributed by atoms with Gasteiger partial charge < -0.3 is 10.4 Å². The van der Waals surface area contributed by atoms with E-state index in [0.717, 1.165) is 19.3 Å². The van der Waals surface area contributed by atoms with Gasteiger partial charge in [0.15, 0.2) is 0 Å². The van der Waals surface area contributed by atoms with Gasteiger partial charge in [-0.3, -0.25) is 0 Å². The van der Waals surface area contributed by atoms with Crippen LogP contribution in [0.5, 0.6) is 0 Å². The van der Waals surface area contributed by atoms with Gasteiger partial charge in [-0.2, -0.15) is 4.31 Å². The Morgan fingerprint density at radius 2 is 2.29 bits per heavy atom. The van der Waals surface area contributed by atoms with Gasteiger partial charge in [-0.25, -0.2) is 13.4 Å². The summed E-state index contributed by atoms with van der Waals surface area (Å²) in [6.07, 6.45) is 4.65. The third-order valence-corrected chi connectivity index (χ3v) is 6.08. The minimum atomic E-state index is -3.63. The number of rotatable bonds is 5. The maximum atomic E-state index is 12.9. The summed E-state index contributed by atoms with van der Waals surface area (Å²) in [6, 6.07) is 1.43. The molecular weight excluding hydrogens is 358 g/mol. The number of hydrogen-bond acceptors (Lipinski definition) is 5. The molecule has 1 saturated heterocycles. The minimum absolute atomic E-state index is 0.00763. The molecule has 0 aromatic carbocycles. The Kier molecular flexibility index (Phi) is 5.59. The van der Waals surface area contributed by atoms with E-state index in [9.17, 15) is 8.42 Å². The Hall–Kier alpha value is -0.700. The molecule has 6 nitrogen and oxygen atoms in total. The molecule has 2 rings (SSSR count). The van der Waals surface area contributed by atoms with Gasteiger partial charge in [-0.1, -0.05) is 6.42 Å². The molecule has 0 bridgehead atoms. The molecule has 118 valence electrons. The van der Waals surface area contributed by atoms with Crippen LogP contribution in [0.1, 0.15) is 25.7 Å². The molecule has 0 saturated carbocycles. The number of hydrogen-bond donors (Lipinski definition) is 2. The van der Waals surface area contributed by atoms with Crippen LogP contribution in [0.25, 0.3) is 0 Å². The van der Waals surface area contributed by atoms with Crippen LogP contribution in [0.4, 0.5) is 5.82 Å². The molecule has 8 heteroatoms. The number of aliphatic hydroxyl groups is 1. The third-order valence-electron chi connectivity index (χ3n) is 3.68. The SMILES string of the molecule is CNc1ncc(Br)cc1S(=O)(=O)N1CCCCC1CCO. The molecule has 1 fully saturated rings. The summed E-state index contributed by atoms with van der Waals surface area (Å²) in [4.78, 5) is 4.29. The van der Waals surface area contributed by atoms with Crippen LogP contribution in [0.2, 0.25) is 0 Å². The van der Waals surface area contributed by atoms with Crippen molar-refractivity contribution in [3.8, 4) is 0 Å². The fourth-order valence-corrected chi connectivity index (χ4v) is 5.04. The molecule has 1 aliphatic heterocycles. The molecule has 1 unspecified atom stereocenters. The van der Waals surface area contributed by atoms with E-state index < -0.39 is 10.0 Å². The molecule has 0 amide bonds. The van der Waals surface area contributed by atoms with Crippen LogP contribution >= 0.6 is 15.9 Å². The average molecular weight is 378 g/mol. The number of aromatic nitrogens is 1. The highest BCUT2D eigenvalue weighted by molar-refractivity contribution is 9.10. The monoisotopic (exact) mass is 377 g/mol. The van der Waals surface area contributed by atoms with Gasteiger partial charge >= 0.3 is 0 Å². The Morgan fingerprint density at radius 1 is 1.52 bits per heavy atom. The summed E-state index contributed by atoms with van der Waals surface area (Å²) in [5, 5.41) is 12.0. The minimum Gasteiger partial charge on any atom is -0.396 e. The Labute approximate surface area is 133 Å². The lowest BCUT2D eigenvalue weighted by molar-refractivity contribution is 0.192. The van der Waals surface area contributed by atoms with Gasteiger partial charge in [0.1, 0.15) is 10.7 Å². The molecule has 0 spiro atoms. The normalized spacial score (nSPS) is 20.4. The van der Waals surface area contributed by atoms with Crippen molar-refractivity contribution in [2.75, 3.05) is 25.5 Å². The van der Waals surface area contributed by atoms with Gasteiger partial charge in [0.05, 0.1) is 0 Å². The van der Waals surface area contributed by atoms with E-state index in [0.29, 0.717) is 23.3 Å². The highest BCUT2D eigenvalue weighted by Gasteiger charge is 2.34. The van der Waals surface area contributed by atoms with Crippen molar-refractivity contribution in [3.63, 3.8) is 0 Å². The van der Waals surface area contributed by atoms with E-state index >= 15 is 0 Å². The van der Waals surface area contributed by atoms with Crippen molar-refractivity contribution in [2.24, 2.45) is 0 Å². The average Bonchev–Trinajstić information content (AvgIpc) is 2.48. The number of aliphatic hydroxyl groups excluding tert-OH is 1. The topological polar surface area (TPSA) is 82.5 Å². The number of piperidine rings is 1. The molecule has 1 aromatic heterocycles. The Morgan fingerprint density at radius 3 is 2.95 bits per heavy atom. The largest absolute Gasteiger partial charge is 0.396 e. The second-order valence-electron chi connectivity index (χ2n) is 5.03. The van der Waals surface area contributed by atoms with Crippen LogP contribution in [0.15, 0.2) is 21.6 Å². The first-order valence-corrected chi connectivity index (χ1v) is 9.20. The summed E-state index contributed by atoms with van der Waals surface area (Å²) in [6.45, 7) is 0.481. The first-order valence-electron chi connectivity index (χ1n) is 6.96. The van der Waals surface area contributed by atoms with Crippen LogP contribution in [0, 0.1) is 0 Å². The molecule has 0 radical (unpaired) electrons. The van der Waals surface area contributed by atoms with Crippen molar-refractivity contribution in [2.45, 2.75) is 36.6 Å². The molecule has 1 aromatic rings. The van der Waals surface area contributed by atoms with Gasteiger partial charge in [0, 0.05) is 36.9 Å². The Bertz CT molecular complexity index is 592. The summed E-state index contributed by atoms with van der Waals surface area (Å²) in [7, 11) is -1.98. The van der Waals surface area contributed by atoms with Crippen molar-refractivity contribution in [1.29, 1.82) is 0 Å². The van der Waals surface area contributed by atoms with Gasteiger partial charge in [0.2, 0.25) is 10.0 Å². The van der Waals surface area contributed by atoms with E-state index in [1.165, 1.54) is 4.31 Å². The highest BCUT2D eigenvalue weighted by Crippen LogP contribution is 2.31. The number of nitrogens with zero attached hydrogens (tertiary/aromatic N) is 2. The quantitative estimate of drug-likeness (QED) is 0.817. The highest BCUT2D eigenvalue weighted by atomic mass is 79.9.